The summed E-state index contributed by atoms with van der Waals surface area (Å²) < 4.78 is 2.00. The monoisotopic (exact) mass is 387 g/mol. The van der Waals surface area contributed by atoms with Gasteiger partial charge in [-0.25, -0.2) is 4.68 Å². The number of hydrogen-bond donors (Lipinski definition) is 1. The van der Waals surface area contributed by atoms with Crippen LogP contribution in [-0.2, 0) is 0 Å². The molecule has 0 radical (unpaired) electrons. The number of hydrogen-bond acceptors (Lipinski definition) is 2. The van der Waals surface area contributed by atoms with E-state index in [-0.39, 0.29) is 0 Å². The largest absolute Gasteiger partial charge is 0.340 e. The van der Waals surface area contributed by atoms with Gasteiger partial charge in [0.2, 0.25) is 0 Å². The Bertz CT molecular complexity index is 1230. The van der Waals surface area contributed by atoms with Crippen molar-refractivity contribution in [3.63, 3.8) is 0 Å². The van der Waals surface area contributed by atoms with Crippen molar-refractivity contribution in [2.45, 2.75) is 0 Å². The van der Waals surface area contributed by atoms with Crippen molar-refractivity contribution in [1.29, 1.82) is 0 Å². The van der Waals surface area contributed by atoms with Crippen LogP contribution >= 0.6 is 0 Å². The Morgan fingerprint density at radius 2 is 1.03 bits per heavy atom. The zero-order valence-corrected chi connectivity index (χ0v) is 16.4. The summed E-state index contributed by atoms with van der Waals surface area (Å²) in [7, 11) is 0. The molecule has 0 bridgehead atoms. The summed E-state index contributed by atoms with van der Waals surface area (Å²) in [6.07, 6.45) is 0. The summed E-state index contributed by atoms with van der Waals surface area (Å²) in [6, 6.07) is 41.3. The Labute approximate surface area is 176 Å². The summed E-state index contributed by atoms with van der Waals surface area (Å²) in [6.45, 7) is 0. The van der Waals surface area contributed by atoms with Gasteiger partial charge in [-0.1, -0.05) is 97.1 Å². The van der Waals surface area contributed by atoms with Crippen LogP contribution < -0.4 is 5.32 Å². The van der Waals surface area contributed by atoms with Gasteiger partial charge in [0, 0.05) is 11.3 Å². The topological polar surface area (TPSA) is 29.9 Å². The minimum Gasteiger partial charge on any atom is -0.340 e. The van der Waals surface area contributed by atoms with Crippen LogP contribution in [0, 0.1) is 0 Å². The Balaban J connectivity index is 1.80. The van der Waals surface area contributed by atoms with E-state index in [0.29, 0.717) is 0 Å². The van der Waals surface area contributed by atoms with Crippen molar-refractivity contribution < 1.29 is 0 Å². The molecule has 4 aromatic carbocycles. The Hall–Kier alpha value is -4.11. The Morgan fingerprint density at radius 1 is 0.533 bits per heavy atom. The molecule has 0 spiro atoms. The number of benzene rings is 4. The van der Waals surface area contributed by atoms with Crippen molar-refractivity contribution in [3.05, 3.63) is 121 Å². The molecular weight excluding hydrogens is 366 g/mol. The standard InChI is InChI=1S/C27H21N3/c1-5-13-21(14-6-1)25-26(22-15-7-2-8-16-22)29-30(24-19-11-4-12-20-24)27(25)28-23-17-9-3-10-18-23/h1-20,28H. The molecule has 0 unspecified atom stereocenters. The SMILES string of the molecule is c1ccc(Nc2c(-c3ccccc3)c(-c3ccccc3)nn2-c2ccccc2)cc1. The predicted octanol–water partition coefficient (Wildman–Crippen LogP) is 6.95. The van der Waals surface area contributed by atoms with Crippen molar-refractivity contribution in [1.82, 2.24) is 9.78 Å². The van der Waals surface area contributed by atoms with E-state index in [0.717, 1.165) is 39.6 Å². The van der Waals surface area contributed by atoms with Gasteiger partial charge < -0.3 is 5.32 Å². The van der Waals surface area contributed by atoms with E-state index >= 15 is 0 Å². The molecule has 3 nitrogen and oxygen atoms in total. The molecule has 144 valence electrons. The lowest BCUT2D eigenvalue weighted by Crippen LogP contribution is -2.03. The van der Waals surface area contributed by atoms with Crippen LogP contribution in [0.15, 0.2) is 121 Å². The molecule has 0 aliphatic heterocycles. The van der Waals surface area contributed by atoms with Crippen molar-refractivity contribution in [2.75, 3.05) is 5.32 Å². The van der Waals surface area contributed by atoms with Gasteiger partial charge in [0.05, 0.1) is 11.3 Å². The van der Waals surface area contributed by atoms with Gasteiger partial charge in [0.15, 0.2) is 0 Å². The van der Waals surface area contributed by atoms with Crippen molar-refractivity contribution in [3.8, 4) is 28.1 Å². The predicted molar refractivity (Wildman–Crippen MR) is 124 cm³/mol. The smallest absolute Gasteiger partial charge is 0.142 e. The van der Waals surface area contributed by atoms with Crippen LogP contribution in [0.3, 0.4) is 0 Å². The highest BCUT2D eigenvalue weighted by molar-refractivity contribution is 5.91. The van der Waals surface area contributed by atoms with Crippen LogP contribution in [0.1, 0.15) is 0 Å². The van der Waals surface area contributed by atoms with Crippen LogP contribution in [-0.4, -0.2) is 9.78 Å². The zero-order valence-electron chi connectivity index (χ0n) is 16.4. The molecule has 3 heteroatoms. The van der Waals surface area contributed by atoms with Crippen molar-refractivity contribution in [2.24, 2.45) is 0 Å². The summed E-state index contributed by atoms with van der Waals surface area (Å²) in [5.74, 6) is 0.942. The first-order valence-electron chi connectivity index (χ1n) is 10.0. The van der Waals surface area contributed by atoms with Gasteiger partial charge >= 0.3 is 0 Å². The lowest BCUT2D eigenvalue weighted by atomic mass is 10.0. The molecule has 0 aliphatic rings. The molecular formula is C27H21N3. The lowest BCUT2D eigenvalue weighted by Gasteiger charge is -2.13. The van der Waals surface area contributed by atoms with Gasteiger partial charge in [-0.15, -0.1) is 0 Å². The molecule has 0 amide bonds. The van der Waals surface area contributed by atoms with Crippen LogP contribution in [0.5, 0.6) is 0 Å². The lowest BCUT2D eigenvalue weighted by molar-refractivity contribution is 0.892. The highest BCUT2D eigenvalue weighted by Gasteiger charge is 2.21. The summed E-state index contributed by atoms with van der Waals surface area (Å²) in [4.78, 5) is 0. The second-order valence-electron chi connectivity index (χ2n) is 7.04. The molecule has 0 atom stereocenters. The van der Waals surface area contributed by atoms with E-state index < -0.39 is 0 Å². The number of rotatable bonds is 5. The average Bonchev–Trinajstić information content (AvgIpc) is 3.20. The van der Waals surface area contributed by atoms with Crippen LogP contribution in [0.25, 0.3) is 28.1 Å². The second-order valence-corrected chi connectivity index (χ2v) is 7.04. The second kappa shape index (κ2) is 8.10. The number of para-hydroxylation sites is 2. The van der Waals surface area contributed by atoms with Gasteiger partial charge in [-0.3, -0.25) is 0 Å². The molecule has 1 heterocycles. The molecule has 0 saturated carbocycles. The summed E-state index contributed by atoms with van der Waals surface area (Å²) in [5.41, 5.74) is 6.26. The fourth-order valence-corrected chi connectivity index (χ4v) is 3.62. The van der Waals surface area contributed by atoms with Crippen LogP contribution in [0.2, 0.25) is 0 Å². The quantitative estimate of drug-likeness (QED) is 0.354. The third-order valence-electron chi connectivity index (χ3n) is 5.03. The number of anilines is 2. The van der Waals surface area contributed by atoms with E-state index in [9.17, 15) is 0 Å². The summed E-state index contributed by atoms with van der Waals surface area (Å²) >= 11 is 0. The fourth-order valence-electron chi connectivity index (χ4n) is 3.62. The first kappa shape index (κ1) is 18.0. The summed E-state index contributed by atoms with van der Waals surface area (Å²) in [5, 5.41) is 8.71. The molecule has 1 N–H and O–H groups in total. The maximum Gasteiger partial charge on any atom is 0.142 e. The molecule has 0 aliphatic carbocycles. The third-order valence-corrected chi connectivity index (χ3v) is 5.03. The maximum absolute atomic E-state index is 5.08. The number of aromatic nitrogens is 2. The molecule has 5 aromatic rings. The number of nitrogens with one attached hydrogen (secondary N) is 1. The highest BCUT2D eigenvalue weighted by Crippen LogP contribution is 2.40. The molecule has 5 rings (SSSR count). The Kier molecular flexibility index (Phi) is 4.84. The maximum atomic E-state index is 5.08. The zero-order chi connectivity index (χ0) is 20.2. The number of nitrogens with zero attached hydrogens (tertiary/aromatic N) is 2. The first-order valence-corrected chi connectivity index (χ1v) is 10.0. The van der Waals surface area contributed by atoms with Gasteiger partial charge in [0.25, 0.3) is 0 Å². The van der Waals surface area contributed by atoms with E-state index in [1.807, 2.05) is 53.2 Å². The molecule has 0 fully saturated rings. The normalized spacial score (nSPS) is 10.7. The first-order chi connectivity index (χ1) is 14.9. The third kappa shape index (κ3) is 3.49. The van der Waals surface area contributed by atoms with Gasteiger partial charge in [0.1, 0.15) is 11.5 Å². The highest BCUT2D eigenvalue weighted by atomic mass is 15.3. The van der Waals surface area contributed by atoms with Crippen molar-refractivity contribution >= 4 is 11.5 Å². The Morgan fingerprint density at radius 3 is 1.63 bits per heavy atom. The molecule has 1 aromatic heterocycles. The minimum atomic E-state index is 0.942. The molecule has 30 heavy (non-hydrogen) atoms. The van der Waals surface area contributed by atoms with E-state index in [2.05, 4.69) is 78.1 Å². The van der Waals surface area contributed by atoms with Gasteiger partial charge in [-0.05, 0) is 29.8 Å². The van der Waals surface area contributed by atoms with E-state index in [1.54, 1.807) is 0 Å². The molecule has 0 saturated heterocycles. The van der Waals surface area contributed by atoms with E-state index in [4.69, 9.17) is 5.10 Å². The minimum absolute atomic E-state index is 0.942. The van der Waals surface area contributed by atoms with Gasteiger partial charge in [-0.2, -0.15) is 5.10 Å². The fraction of sp³-hybridized carbons (Fsp3) is 0. The van der Waals surface area contributed by atoms with Crippen LogP contribution in [0.4, 0.5) is 11.5 Å². The van der Waals surface area contributed by atoms with E-state index in [1.165, 1.54) is 0 Å². The average molecular weight is 387 g/mol.